The van der Waals surface area contributed by atoms with Crippen molar-refractivity contribution >= 4 is 29.8 Å². The number of nitrogens with zero attached hydrogens (tertiary/aromatic N) is 4. The molecule has 2 fully saturated rings. The highest BCUT2D eigenvalue weighted by Gasteiger charge is 2.24. The molecule has 1 aromatic heterocycles. The number of alkyl halides is 3. The molecule has 212 valence electrons. The number of pyridine rings is 1. The van der Waals surface area contributed by atoms with Crippen molar-refractivity contribution in [2.45, 2.75) is 51.9 Å². The van der Waals surface area contributed by atoms with Crippen LogP contribution < -0.4 is 10.2 Å². The number of nitrogens with one attached hydrogen (secondary N) is 1. The van der Waals surface area contributed by atoms with E-state index in [4.69, 9.17) is 9.72 Å². The Labute approximate surface area is 234 Å². The molecule has 5 rings (SSSR count). The summed E-state index contributed by atoms with van der Waals surface area (Å²) in [5.74, 6) is 3.38. The van der Waals surface area contributed by atoms with Crippen molar-refractivity contribution in [1.29, 1.82) is 5.26 Å². The summed E-state index contributed by atoms with van der Waals surface area (Å²) in [4.78, 5) is 21.9. The molecule has 3 aliphatic rings. The van der Waals surface area contributed by atoms with Gasteiger partial charge in [0.05, 0.1) is 18.9 Å². The summed E-state index contributed by atoms with van der Waals surface area (Å²) in [7, 11) is 0. The number of nitriles is 1. The normalized spacial score (nSPS) is 17.5. The van der Waals surface area contributed by atoms with E-state index in [0.29, 0.717) is 13.2 Å². The van der Waals surface area contributed by atoms with E-state index in [-0.39, 0.29) is 19.7 Å². The van der Waals surface area contributed by atoms with E-state index in [9.17, 15) is 23.2 Å². The lowest BCUT2D eigenvalue weighted by atomic mass is 9.43. The predicted molar refractivity (Wildman–Crippen MR) is 153 cm³/mol. The van der Waals surface area contributed by atoms with Crippen LogP contribution in [0.4, 0.5) is 29.5 Å². The van der Waals surface area contributed by atoms with Crippen molar-refractivity contribution in [2.75, 3.05) is 49.6 Å². The van der Waals surface area contributed by atoms with Crippen LogP contribution in [0, 0.1) is 18.2 Å². The van der Waals surface area contributed by atoms with Crippen molar-refractivity contribution in [3.63, 3.8) is 0 Å². The number of halogens is 3. The van der Waals surface area contributed by atoms with Gasteiger partial charge in [0, 0.05) is 44.8 Å². The number of morpholine rings is 1. The largest absolute Gasteiger partial charge is 0.386 e. The molecule has 7 nitrogen and oxygen atoms in total. The highest BCUT2D eigenvalue weighted by molar-refractivity contribution is 6.69. The van der Waals surface area contributed by atoms with E-state index in [1.807, 2.05) is 11.0 Å². The third kappa shape index (κ3) is 8.24. The highest BCUT2D eigenvalue weighted by Crippen LogP contribution is 2.34. The summed E-state index contributed by atoms with van der Waals surface area (Å²) >= 11 is 0. The minimum Gasteiger partial charge on any atom is -0.378 e. The Bertz CT molecular complexity index is 1260. The number of hydrogen-bond acceptors (Lipinski definition) is 5. The number of carbonyl (C=O) groups excluding carboxylic acids is 1. The molecule has 11 heteroatoms. The number of benzene rings is 1. The average Bonchev–Trinajstić information content (AvgIpc) is 3.49. The van der Waals surface area contributed by atoms with Gasteiger partial charge in [-0.2, -0.15) is 13.2 Å². The Morgan fingerprint density at radius 2 is 1.82 bits per heavy atom. The fourth-order valence-electron chi connectivity index (χ4n) is 5.15. The molecule has 40 heavy (non-hydrogen) atoms. The Morgan fingerprint density at radius 3 is 2.50 bits per heavy atom. The summed E-state index contributed by atoms with van der Waals surface area (Å²) in [6, 6.07) is 10.4. The molecule has 0 radical (unpaired) electrons. The standard InChI is InChI=1S/C27H32BN5O2.C2H3F3/c1-20-6-7-23(30-27(34)33-9-2-3-10-33)17-24(20)22-15-25(21-5-4-8-28(18-21)19-29)31-26(16-22)32-11-13-35-14-12-32;1-2(3,4)5/h5-7,15-17H,2-4,8-14,18H2,1H3,(H,30,34);1H3. The minimum atomic E-state index is -4.00. The van der Waals surface area contributed by atoms with Crippen LogP contribution in [-0.2, 0) is 4.74 Å². The van der Waals surface area contributed by atoms with Gasteiger partial charge in [0.15, 0.2) is 0 Å². The monoisotopic (exact) mass is 553 g/mol. The lowest BCUT2D eigenvalue weighted by Gasteiger charge is -2.29. The second kappa shape index (κ2) is 13.2. The number of urea groups is 1. The quantitative estimate of drug-likeness (QED) is 0.441. The number of rotatable bonds is 4. The second-order valence-corrected chi connectivity index (χ2v) is 10.5. The molecule has 1 aromatic carbocycles. The molecule has 2 aromatic rings. The Balaban J connectivity index is 0.000000681. The van der Waals surface area contributed by atoms with Gasteiger partial charge in [-0.25, -0.2) is 15.0 Å². The lowest BCUT2D eigenvalue weighted by molar-refractivity contribution is -0.110. The summed E-state index contributed by atoms with van der Waals surface area (Å²) in [5.41, 5.74) is 6.18. The van der Waals surface area contributed by atoms with Gasteiger partial charge >= 0.3 is 12.2 Å². The Morgan fingerprint density at radius 1 is 1.12 bits per heavy atom. The Hall–Kier alpha value is -3.52. The molecular weight excluding hydrogens is 518 g/mol. The number of aryl methyl sites for hydroxylation is 1. The van der Waals surface area contributed by atoms with Gasteiger partial charge in [-0.3, -0.25) is 0 Å². The molecule has 2 amide bonds. The maximum atomic E-state index is 12.7. The second-order valence-electron chi connectivity index (χ2n) is 10.5. The molecule has 4 heterocycles. The first-order chi connectivity index (χ1) is 19.1. The maximum absolute atomic E-state index is 12.7. The van der Waals surface area contributed by atoms with Crippen LogP contribution in [-0.4, -0.2) is 68.2 Å². The van der Waals surface area contributed by atoms with Gasteiger partial charge in [-0.05, 0) is 79.0 Å². The molecular formula is C29H35BF3N5O2. The number of ether oxygens (including phenoxy) is 1. The predicted octanol–water partition coefficient (Wildman–Crippen LogP) is 6.43. The molecule has 0 atom stereocenters. The minimum absolute atomic E-state index is 0.0309. The van der Waals surface area contributed by atoms with Crippen molar-refractivity contribution in [2.24, 2.45) is 0 Å². The summed E-state index contributed by atoms with van der Waals surface area (Å²) in [6.45, 7) is 6.96. The first-order valence-electron chi connectivity index (χ1n) is 13.8. The number of hydrogen-bond donors (Lipinski definition) is 1. The lowest BCUT2D eigenvalue weighted by Crippen LogP contribution is -2.36. The molecule has 0 saturated carbocycles. The van der Waals surface area contributed by atoms with E-state index < -0.39 is 6.18 Å². The molecule has 0 unspecified atom stereocenters. The van der Waals surface area contributed by atoms with Crippen LogP contribution in [0.3, 0.4) is 0 Å². The number of likely N-dealkylation sites (tertiary alicyclic amines) is 1. The van der Waals surface area contributed by atoms with Crippen LogP contribution in [0.15, 0.2) is 36.4 Å². The van der Waals surface area contributed by atoms with Gasteiger partial charge in [0.25, 0.3) is 6.71 Å². The molecule has 2 saturated heterocycles. The highest BCUT2D eigenvalue weighted by atomic mass is 19.4. The van der Waals surface area contributed by atoms with Crippen molar-refractivity contribution in [3.05, 3.63) is 47.7 Å². The topological polar surface area (TPSA) is 81.5 Å². The van der Waals surface area contributed by atoms with Crippen LogP contribution in [0.25, 0.3) is 16.7 Å². The summed E-state index contributed by atoms with van der Waals surface area (Å²) in [5, 5.41) is 12.6. The number of carbonyl (C=O) groups is 1. The molecule has 1 N–H and O–H groups in total. The Kier molecular flexibility index (Phi) is 9.74. The van der Waals surface area contributed by atoms with Crippen LogP contribution in [0.5, 0.6) is 0 Å². The molecule has 0 aliphatic carbocycles. The van der Waals surface area contributed by atoms with Crippen molar-refractivity contribution in [1.82, 2.24) is 9.88 Å². The number of aromatic nitrogens is 1. The smallest absolute Gasteiger partial charge is 0.378 e. The number of allylic oxidation sites excluding steroid dienone is 2. The maximum Gasteiger partial charge on any atom is 0.386 e. The van der Waals surface area contributed by atoms with Crippen molar-refractivity contribution in [3.8, 4) is 17.1 Å². The van der Waals surface area contributed by atoms with Crippen molar-refractivity contribution < 1.29 is 22.7 Å². The van der Waals surface area contributed by atoms with E-state index in [1.54, 1.807) is 0 Å². The van der Waals surface area contributed by atoms with Gasteiger partial charge in [0.1, 0.15) is 5.82 Å². The third-order valence-electron chi connectivity index (χ3n) is 7.22. The number of anilines is 2. The zero-order valence-corrected chi connectivity index (χ0v) is 23.1. The molecule has 0 bridgehead atoms. The van der Waals surface area contributed by atoms with Crippen LogP contribution in [0.2, 0.25) is 12.6 Å². The third-order valence-corrected chi connectivity index (χ3v) is 7.22. The van der Waals surface area contributed by atoms with Gasteiger partial charge < -0.3 is 19.9 Å². The van der Waals surface area contributed by atoms with E-state index in [1.165, 1.54) is 0 Å². The van der Waals surface area contributed by atoms with Crippen LogP contribution in [0.1, 0.15) is 37.4 Å². The zero-order chi connectivity index (χ0) is 28.7. The first-order valence-corrected chi connectivity index (χ1v) is 13.8. The fourth-order valence-corrected chi connectivity index (χ4v) is 5.15. The zero-order valence-electron chi connectivity index (χ0n) is 23.1. The van der Waals surface area contributed by atoms with Gasteiger partial charge in [-0.1, -0.05) is 18.5 Å². The molecule has 0 spiro atoms. The number of amides is 2. The van der Waals surface area contributed by atoms with E-state index in [2.05, 4.69) is 53.5 Å². The van der Waals surface area contributed by atoms with Crippen LogP contribution >= 0.6 is 0 Å². The van der Waals surface area contributed by atoms with Gasteiger partial charge in [0.2, 0.25) is 0 Å². The van der Waals surface area contributed by atoms with E-state index in [0.717, 1.165) is 97.5 Å². The first kappa shape index (κ1) is 29.5. The van der Waals surface area contributed by atoms with Gasteiger partial charge in [-0.15, -0.1) is 0 Å². The summed E-state index contributed by atoms with van der Waals surface area (Å²) < 4.78 is 36.6. The SMILES string of the molecule is CC(F)(F)F.Cc1ccc(NC(=O)N2CCCC2)cc1-c1cc(C2=CCCB(C#N)C2)nc(N2CCOCC2)c1. The fraction of sp³-hybridized carbons (Fsp3) is 0.483. The average molecular weight is 553 g/mol. The van der Waals surface area contributed by atoms with E-state index >= 15 is 0 Å². The molecule has 3 aliphatic heterocycles. The summed E-state index contributed by atoms with van der Waals surface area (Å²) in [6.07, 6.45) is 2.93.